The molecule has 0 saturated carbocycles. The Bertz CT molecular complexity index is 4250. The number of hydrogen-bond acceptors (Lipinski definition) is 3. The minimum atomic E-state index is 0.646. The smallest absolute Gasteiger partial charge is 0.235 e. The topological polar surface area (TPSA) is 48.8 Å². The van der Waals surface area contributed by atoms with Crippen molar-refractivity contribution < 1.29 is 4.42 Å². The molecule has 5 heteroatoms. The predicted octanol–water partition coefficient (Wildman–Crippen LogP) is 15.9. The average molecular weight is 829 g/mol. The van der Waals surface area contributed by atoms with Crippen LogP contribution < -0.4 is 0 Å². The quantitative estimate of drug-likeness (QED) is 0.174. The van der Waals surface area contributed by atoms with Gasteiger partial charge in [0.25, 0.3) is 0 Å². The zero-order valence-electron chi connectivity index (χ0n) is 35.0. The molecule has 4 heterocycles. The summed E-state index contributed by atoms with van der Waals surface area (Å²) in [4.78, 5) is 10.6. The van der Waals surface area contributed by atoms with Crippen LogP contribution in [0.3, 0.4) is 0 Å². The van der Waals surface area contributed by atoms with Crippen molar-refractivity contribution in [2.24, 2.45) is 0 Å². The van der Waals surface area contributed by atoms with Gasteiger partial charge in [-0.15, -0.1) is 0 Å². The van der Waals surface area contributed by atoms with Gasteiger partial charge in [0.05, 0.1) is 33.3 Å². The second-order valence-corrected chi connectivity index (χ2v) is 16.9. The summed E-state index contributed by atoms with van der Waals surface area (Å²) in [5, 5.41) is 10.4. The molecule has 0 spiro atoms. The van der Waals surface area contributed by atoms with Gasteiger partial charge in [0, 0.05) is 49.0 Å². The lowest BCUT2D eigenvalue weighted by molar-refractivity contribution is 0.669. The minimum Gasteiger partial charge on any atom is -0.456 e. The lowest BCUT2D eigenvalue weighted by atomic mass is 9.96. The van der Waals surface area contributed by atoms with E-state index < -0.39 is 0 Å². The molecule has 4 aromatic heterocycles. The summed E-state index contributed by atoms with van der Waals surface area (Å²) >= 11 is 0. The summed E-state index contributed by atoms with van der Waals surface area (Å²) < 4.78 is 11.2. The summed E-state index contributed by atoms with van der Waals surface area (Å²) in [5.74, 6) is 0.646. The molecular weight excluding hydrogens is 793 g/mol. The first kappa shape index (κ1) is 35.8. The Balaban J connectivity index is 0.918. The maximum absolute atomic E-state index is 6.58. The number of aromatic nitrogens is 4. The summed E-state index contributed by atoms with van der Waals surface area (Å²) in [6.07, 6.45) is 0. The molecule has 5 nitrogen and oxygen atoms in total. The molecule has 10 aromatic carbocycles. The van der Waals surface area contributed by atoms with Crippen LogP contribution in [0.4, 0.5) is 0 Å². The molecule has 0 unspecified atom stereocenters. The van der Waals surface area contributed by atoms with E-state index in [4.69, 9.17) is 14.4 Å². The highest BCUT2D eigenvalue weighted by molar-refractivity contribution is 6.16. The monoisotopic (exact) mass is 828 g/mol. The Kier molecular flexibility index (Phi) is 7.62. The van der Waals surface area contributed by atoms with Gasteiger partial charge in [-0.05, 0) is 112 Å². The van der Waals surface area contributed by atoms with Gasteiger partial charge in [-0.25, -0.2) is 9.97 Å². The zero-order valence-corrected chi connectivity index (χ0v) is 35.0. The fourth-order valence-corrected chi connectivity index (χ4v) is 10.3. The van der Waals surface area contributed by atoms with E-state index in [2.05, 4.69) is 228 Å². The van der Waals surface area contributed by atoms with Gasteiger partial charge >= 0.3 is 0 Å². The zero-order chi connectivity index (χ0) is 42.6. The highest BCUT2D eigenvalue weighted by Gasteiger charge is 2.20. The lowest BCUT2D eigenvalue weighted by Crippen LogP contribution is -2.03. The summed E-state index contributed by atoms with van der Waals surface area (Å²) in [5.41, 5.74) is 14.8. The van der Waals surface area contributed by atoms with Crippen LogP contribution in [-0.2, 0) is 0 Å². The van der Waals surface area contributed by atoms with Gasteiger partial charge < -0.3 is 8.98 Å². The predicted molar refractivity (Wildman–Crippen MR) is 269 cm³/mol. The van der Waals surface area contributed by atoms with Crippen LogP contribution in [0.25, 0.3) is 132 Å². The van der Waals surface area contributed by atoms with E-state index in [1.54, 1.807) is 0 Å². The molecule has 0 N–H and O–H groups in total. The van der Waals surface area contributed by atoms with Crippen molar-refractivity contribution >= 4 is 87.2 Å². The molecule has 65 heavy (non-hydrogen) atoms. The molecule has 0 amide bonds. The second-order valence-electron chi connectivity index (χ2n) is 16.9. The molecule has 0 fully saturated rings. The molecule has 0 bridgehead atoms. The van der Waals surface area contributed by atoms with Crippen LogP contribution in [0.1, 0.15) is 0 Å². The van der Waals surface area contributed by atoms with E-state index >= 15 is 0 Å². The number of para-hydroxylation sites is 4. The van der Waals surface area contributed by atoms with Crippen molar-refractivity contribution in [1.82, 2.24) is 19.1 Å². The van der Waals surface area contributed by atoms with Crippen molar-refractivity contribution in [3.63, 3.8) is 0 Å². The van der Waals surface area contributed by atoms with E-state index in [1.165, 1.54) is 32.6 Å². The van der Waals surface area contributed by atoms with Crippen LogP contribution in [0.5, 0.6) is 0 Å². The third-order valence-electron chi connectivity index (χ3n) is 13.3. The SMILES string of the molecule is c1ccc(-n2c3ccccc3c3cc(-c4cccc5oc6ccc(-c7ccc8c(c7)c7ccccc7n8-c7nc(-c8ccc9ccccc9c8)c8ccccc8n7)cc6c45)ccc32)cc1. The van der Waals surface area contributed by atoms with Crippen molar-refractivity contribution in [2.75, 3.05) is 0 Å². The average Bonchev–Trinajstić information content (AvgIpc) is 4.03. The molecule has 0 radical (unpaired) electrons. The number of nitrogens with zero attached hydrogens (tertiary/aromatic N) is 4. The van der Waals surface area contributed by atoms with E-state index in [-0.39, 0.29) is 0 Å². The van der Waals surface area contributed by atoms with Crippen LogP contribution in [0.15, 0.2) is 223 Å². The van der Waals surface area contributed by atoms with Crippen LogP contribution in [0.2, 0.25) is 0 Å². The maximum Gasteiger partial charge on any atom is 0.235 e. The Hall–Kier alpha value is -8.80. The largest absolute Gasteiger partial charge is 0.456 e. The molecule has 0 aliphatic heterocycles. The van der Waals surface area contributed by atoms with Crippen molar-refractivity contribution in [2.45, 2.75) is 0 Å². The Morgan fingerprint density at radius 3 is 1.75 bits per heavy atom. The summed E-state index contributed by atoms with van der Waals surface area (Å²) in [6.45, 7) is 0. The van der Waals surface area contributed by atoms with Crippen LogP contribution in [-0.4, -0.2) is 19.1 Å². The Morgan fingerprint density at radius 2 is 0.938 bits per heavy atom. The van der Waals surface area contributed by atoms with E-state index in [0.717, 1.165) is 93.8 Å². The van der Waals surface area contributed by atoms with Crippen LogP contribution >= 0.6 is 0 Å². The van der Waals surface area contributed by atoms with E-state index in [1.807, 2.05) is 0 Å². The van der Waals surface area contributed by atoms with Gasteiger partial charge in [0.15, 0.2) is 0 Å². The third kappa shape index (κ3) is 5.46. The number of fused-ring (bicyclic) bond motifs is 11. The van der Waals surface area contributed by atoms with Gasteiger partial charge in [0.1, 0.15) is 11.2 Å². The second kappa shape index (κ2) is 13.9. The van der Waals surface area contributed by atoms with Gasteiger partial charge in [-0.3, -0.25) is 4.57 Å². The molecular formula is C60H36N4O. The Morgan fingerprint density at radius 1 is 0.338 bits per heavy atom. The molecule has 0 aliphatic rings. The number of benzene rings is 10. The maximum atomic E-state index is 6.58. The molecule has 0 saturated heterocycles. The number of hydrogen-bond donors (Lipinski definition) is 0. The molecule has 14 aromatic rings. The fourth-order valence-electron chi connectivity index (χ4n) is 10.3. The normalized spacial score (nSPS) is 12.0. The first-order valence-corrected chi connectivity index (χ1v) is 22.1. The fraction of sp³-hybridized carbons (Fsp3) is 0. The Labute approximate surface area is 372 Å². The molecule has 0 atom stereocenters. The first-order chi connectivity index (χ1) is 32.2. The van der Waals surface area contributed by atoms with Gasteiger partial charge in [-0.1, -0.05) is 140 Å². The first-order valence-electron chi connectivity index (χ1n) is 22.1. The van der Waals surface area contributed by atoms with Crippen molar-refractivity contribution in [1.29, 1.82) is 0 Å². The highest BCUT2D eigenvalue weighted by Crippen LogP contribution is 2.42. The number of rotatable bonds is 5. The molecule has 302 valence electrons. The van der Waals surface area contributed by atoms with E-state index in [0.29, 0.717) is 5.95 Å². The van der Waals surface area contributed by atoms with Gasteiger partial charge in [-0.2, -0.15) is 0 Å². The highest BCUT2D eigenvalue weighted by atomic mass is 16.3. The van der Waals surface area contributed by atoms with Crippen molar-refractivity contribution in [3.8, 4) is 45.1 Å². The van der Waals surface area contributed by atoms with Crippen LogP contribution in [0, 0.1) is 0 Å². The molecule has 0 aliphatic carbocycles. The number of furan rings is 1. The van der Waals surface area contributed by atoms with Crippen molar-refractivity contribution in [3.05, 3.63) is 218 Å². The van der Waals surface area contributed by atoms with E-state index in [9.17, 15) is 0 Å². The van der Waals surface area contributed by atoms with Gasteiger partial charge in [0.2, 0.25) is 5.95 Å². The summed E-state index contributed by atoms with van der Waals surface area (Å²) in [7, 11) is 0. The minimum absolute atomic E-state index is 0.646. The lowest BCUT2D eigenvalue weighted by Gasteiger charge is -2.12. The molecule has 14 rings (SSSR count). The standard InChI is InChI=1S/C60H36N4O/c1-2-15-43(16-3-1)63-52-22-10-7-17-45(52)49-36-41(28-31-54(49)63)44-20-12-24-57-58(44)50-35-40(29-32-56(50)65-57)39-27-30-55-48(34-39)46-18-8-11-23-53(46)64(55)60-61-51-21-9-6-19-47(51)59(62-60)42-26-25-37-13-4-5-14-38(37)33-42/h1-36H. The summed E-state index contributed by atoms with van der Waals surface area (Å²) in [6, 6.07) is 77.9. The third-order valence-corrected chi connectivity index (χ3v) is 13.3.